The molecule has 0 radical (unpaired) electrons. The molecule has 0 unspecified atom stereocenters. The van der Waals surface area contributed by atoms with Crippen LogP contribution in [0.4, 0.5) is 47.8 Å². The number of nitrogens with one attached hydrogen (secondary N) is 3. The van der Waals surface area contributed by atoms with E-state index in [1.165, 1.54) is 45.4 Å². The van der Waals surface area contributed by atoms with Gasteiger partial charge < -0.3 is 41.8 Å². The zero-order valence-electron chi connectivity index (χ0n) is 40.7. The highest BCUT2D eigenvalue weighted by atomic mass is 35.5. The number of anilines is 2. The van der Waals surface area contributed by atoms with E-state index in [9.17, 15) is 35.9 Å². The maximum atomic E-state index is 13.2. The van der Waals surface area contributed by atoms with Crippen molar-refractivity contribution < 1.29 is 45.4 Å². The van der Waals surface area contributed by atoms with E-state index in [2.05, 4.69) is 51.1 Å². The van der Waals surface area contributed by atoms with Gasteiger partial charge in [0.1, 0.15) is 31.0 Å². The monoisotopic (exact) mass is 1090 g/mol. The lowest BCUT2D eigenvalue weighted by atomic mass is 10.00. The topological polar surface area (TPSA) is 249 Å². The lowest BCUT2D eigenvalue weighted by Gasteiger charge is -2.19. The molecule has 28 heteroatoms. The largest absolute Gasteiger partial charge is 0.491 e. The Labute approximate surface area is 434 Å². The number of urea groups is 1. The van der Waals surface area contributed by atoms with E-state index in [0.29, 0.717) is 70.3 Å². The normalized spacial score (nSPS) is 12.8. The second-order valence-electron chi connectivity index (χ2n) is 17.3. The molecule has 0 fully saturated rings. The van der Waals surface area contributed by atoms with Crippen LogP contribution in [-0.4, -0.2) is 104 Å². The highest BCUT2D eigenvalue weighted by molar-refractivity contribution is 6.31. The van der Waals surface area contributed by atoms with E-state index in [0.717, 1.165) is 64.4 Å². The molecule has 5 aromatic heterocycles. The van der Waals surface area contributed by atoms with Gasteiger partial charge >= 0.3 is 12.1 Å². The number of rotatable bonds is 14. The first kappa shape index (κ1) is 55.0. The van der Waals surface area contributed by atoms with Crippen molar-refractivity contribution >= 4 is 47.2 Å². The molecule has 7 N–H and O–H groups in total. The Hall–Kier alpha value is -7.71. The third-order valence-corrected chi connectivity index (χ3v) is 11.4. The zero-order valence-corrected chi connectivity index (χ0v) is 42.2. The number of nitrogen functional groups attached to an aromatic ring is 2. The standard InChI is InChI=1S/C22H23ClF3N7O2.C18H18ClFN6O.C7H9F2N3O/c1-12-5-13(23)6-17(35-4-3-33-8-14(24)7-29-33)18(12)19-15-9-32(10-16(15)30-20(27)31-19)21(34)28-11-22(2,25)26;1-10-4-11(19)5-15(27-3-2-26-9-12(20)6-23-26)16(10)17-13-7-22-8-14(13)24-18(21)25-17;1-7(8,9)4-11-6(13)12-3-2-10-5-12/h5-8H,3-4,9-11H2,1-2H3,(H,28,34)(H2,27,30,31);4-6,9,22H,2-3,7-8H2,1H3,(H2,21,24,25);2-3,5H,4H2,1H3,(H,11,13). The van der Waals surface area contributed by atoms with Crippen LogP contribution in [0.3, 0.4) is 0 Å². The van der Waals surface area contributed by atoms with Gasteiger partial charge in [0.15, 0.2) is 11.6 Å². The molecule has 0 spiro atoms. The maximum absolute atomic E-state index is 13.2. The Bertz CT molecular complexity index is 3150. The maximum Gasteiger partial charge on any atom is 0.327 e. The van der Waals surface area contributed by atoms with Gasteiger partial charge in [-0.15, -0.1) is 0 Å². The molecule has 7 aromatic rings. The Morgan fingerprint density at radius 3 is 1.71 bits per heavy atom. The van der Waals surface area contributed by atoms with Gasteiger partial charge in [0.2, 0.25) is 11.9 Å². The molecule has 398 valence electrons. The number of aromatic nitrogens is 10. The van der Waals surface area contributed by atoms with Crippen molar-refractivity contribution in [2.24, 2.45) is 0 Å². The molecule has 9 rings (SSSR count). The first-order chi connectivity index (χ1) is 35.5. The quantitative estimate of drug-likeness (QED) is 0.0659. The SMILES string of the molecule is CC(F)(F)CNC(=O)n1ccnc1.Cc1cc(Cl)cc(OCCn2cc(F)cn2)c1-c1nc(N)nc2c1CN(C(=O)NCC(C)(F)F)C2.Cc1cc(Cl)cc(OCCn2cc(F)cn2)c1-c1nc(N)nc2c1CNC2. The van der Waals surface area contributed by atoms with E-state index in [1.807, 2.05) is 19.9 Å². The number of amides is 3. The van der Waals surface area contributed by atoms with Crippen LogP contribution in [-0.2, 0) is 39.3 Å². The highest BCUT2D eigenvalue weighted by Gasteiger charge is 2.32. The van der Waals surface area contributed by atoms with Crippen molar-refractivity contribution in [2.45, 2.75) is 78.8 Å². The van der Waals surface area contributed by atoms with Gasteiger partial charge in [0.05, 0.1) is 86.8 Å². The first-order valence-electron chi connectivity index (χ1n) is 22.8. The number of hydrogen-bond acceptors (Lipinski definition) is 14. The third kappa shape index (κ3) is 15.0. The van der Waals surface area contributed by atoms with Crippen molar-refractivity contribution in [2.75, 3.05) is 37.8 Å². The highest BCUT2D eigenvalue weighted by Crippen LogP contribution is 2.41. The lowest BCUT2D eigenvalue weighted by Crippen LogP contribution is -2.41. The fraction of sp³-hybridized carbons (Fsp3) is 0.340. The first-order valence-corrected chi connectivity index (χ1v) is 23.5. The van der Waals surface area contributed by atoms with Gasteiger partial charge in [0, 0.05) is 71.6 Å². The summed E-state index contributed by atoms with van der Waals surface area (Å²) in [7, 11) is 0. The molecule has 0 atom stereocenters. The molecular formula is C47H50Cl2F6N16O4. The minimum absolute atomic E-state index is 0.00610. The second kappa shape index (κ2) is 23.7. The fourth-order valence-electron chi connectivity index (χ4n) is 7.74. The Kier molecular flexibility index (Phi) is 17.4. The summed E-state index contributed by atoms with van der Waals surface area (Å²) in [6.45, 7) is 6.43. The number of nitrogens with two attached hydrogens (primary N) is 2. The molecule has 20 nitrogen and oxygen atoms in total. The van der Waals surface area contributed by atoms with Gasteiger partial charge in [-0.05, 0) is 49.2 Å². The van der Waals surface area contributed by atoms with Crippen LogP contribution in [0.5, 0.6) is 11.5 Å². The molecule has 0 saturated carbocycles. The molecule has 0 aliphatic carbocycles. The van der Waals surface area contributed by atoms with Crippen LogP contribution in [0, 0.1) is 25.5 Å². The number of carbonyl (C=O) groups excluding carboxylic acids is 2. The summed E-state index contributed by atoms with van der Waals surface area (Å²) in [5.41, 5.74) is 19.2. The van der Waals surface area contributed by atoms with E-state index < -0.39 is 42.8 Å². The number of alkyl halides is 4. The van der Waals surface area contributed by atoms with Crippen LogP contribution >= 0.6 is 23.2 Å². The average Bonchev–Trinajstić information content (AvgIpc) is 4.20. The van der Waals surface area contributed by atoms with Crippen LogP contribution in [0.25, 0.3) is 22.5 Å². The molecule has 0 saturated heterocycles. The predicted molar refractivity (Wildman–Crippen MR) is 264 cm³/mol. The molecule has 2 aliphatic rings. The van der Waals surface area contributed by atoms with Gasteiger partial charge in [-0.1, -0.05) is 23.2 Å². The van der Waals surface area contributed by atoms with Crippen LogP contribution in [0.15, 0.2) is 67.8 Å². The number of nitrogens with zero attached hydrogens (tertiary/aromatic N) is 11. The van der Waals surface area contributed by atoms with Crippen LogP contribution in [0.2, 0.25) is 10.0 Å². The number of ether oxygens (including phenoxy) is 2. The van der Waals surface area contributed by atoms with E-state index in [1.54, 1.807) is 18.2 Å². The van der Waals surface area contributed by atoms with Crippen LogP contribution in [0.1, 0.15) is 47.5 Å². The van der Waals surface area contributed by atoms with Crippen LogP contribution < -0.4 is 36.9 Å². The number of fused-ring (bicyclic) bond motifs is 2. The third-order valence-electron chi connectivity index (χ3n) is 11.0. The second-order valence-corrected chi connectivity index (χ2v) is 18.2. The smallest absolute Gasteiger partial charge is 0.327 e. The molecular weight excluding hydrogens is 1040 g/mol. The molecule has 7 heterocycles. The molecule has 2 aromatic carbocycles. The Morgan fingerprint density at radius 2 is 1.23 bits per heavy atom. The number of carbonyl (C=O) groups is 2. The Balaban J connectivity index is 0.000000181. The van der Waals surface area contributed by atoms with E-state index in [-0.39, 0.29) is 44.0 Å². The summed E-state index contributed by atoms with van der Waals surface area (Å²) in [5, 5.41) is 16.4. The number of aryl methyl sites for hydroxylation is 2. The molecule has 2 aliphatic heterocycles. The minimum atomic E-state index is -3.04. The van der Waals surface area contributed by atoms with Gasteiger partial charge in [-0.3, -0.25) is 13.9 Å². The predicted octanol–water partition coefficient (Wildman–Crippen LogP) is 7.58. The van der Waals surface area contributed by atoms with Crippen molar-refractivity contribution in [3.05, 3.63) is 123 Å². The van der Waals surface area contributed by atoms with Gasteiger partial charge in [-0.2, -0.15) is 10.2 Å². The summed E-state index contributed by atoms with van der Waals surface area (Å²) >= 11 is 12.5. The molecule has 75 heavy (non-hydrogen) atoms. The van der Waals surface area contributed by atoms with E-state index in [4.69, 9.17) is 44.1 Å². The van der Waals surface area contributed by atoms with Crippen molar-refractivity contribution in [3.63, 3.8) is 0 Å². The van der Waals surface area contributed by atoms with Crippen molar-refractivity contribution in [3.8, 4) is 34.0 Å². The van der Waals surface area contributed by atoms with Gasteiger partial charge in [0.25, 0.3) is 11.8 Å². The minimum Gasteiger partial charge on any atom is -0.491 e. The fourth-order valence-corrected chi connectivity index (χ4v) is 8.27. The summed E-state index contributed by atoms with van der Waals surface area (Å²) in [4.78, 5) is 45.9. The molecule has 3 amide bonds. The van der Waals surface area contributed by atoms with Crippen molar-refractivity contribution in [1.82, 2.24) is 69.9 Å². The number of halogens is 8. The Morgan fingerprint density at radius 1 is 0.720 bits per heavy atom. The molecule has 0 bridgehead atoms. The van der Waals surface area contributed by atoms with Crippen molar-refractivity contribution in [1.29, 1.82) is 0 Å². The lowest BCUT2D eigenvalue weighted by molar-refractivity contribution is 0.0237. The number of hydrogen-bond donors (Lipinski definition) is 5. The average molecular weight is 1090 g/mol. The number of benzene rings is 2. The summed E-state index contributed by atoms with van der Waals surface area (Å²) in [6.07, 6.45) is 8.84. The van der Waals surface area contributed by atoms with Gasteiger partial charge in [-0.25, -0.2) is 60.9 Å². The van der Waals surface area contributed by atoms with E-state index >= 15 is 0 Å². The zero-order chi connectivity index (χ0) is 54.2. The summed E-state index contributed by atoms with van der Waals surface area (Å²) < 4.78 is 93.1. The summed E-state index contributed by atoms with van der Waals surface area (Å²) in [5.74, 6) is -5.53. The summed E-state index contributed by atoms with van der Waals surface area (Å²) in [6, 6.07) is 5.71. The number of imidazole rings is 1.